The number of nitrogens with one attached hydrogen (secondary N) is 2. The molecule has 30 heavy (non-hydrogen) atoms. The van der Waals surface area contributed by atoms with Crippen molar-refractivity contribution in [2.45, 2.75) is 19.8 Å². The molecule has 0 spiro atoms. The molecule has 1 aliphatic rings. The van der Waals surface area contributed by atoms with E-state index < -0.39 is 11.8 Å². The second-order valence-electron chi connectivity index (χ2n) is 7.73. The predicted octanol–water partition coefficient (Wildman–Crippen LogP) is 3.09. The van der Waals surface area contributed by atoms with Gasteiger partial charge in [0.05, 0.1) is 0 Å². The van der Waals surface area contributed by atoms with Crippen LogP contribution in [0.15, 0.2) is 42.5 Å². The largest absolute Gasteiger partial charge is 0.369 e. The Morgan fingerprint density at radius 1 is 1.00 bits per heavy atom. The number of amides is 2. The van der Waals surface area contributed by atoms with Gasteiger partial charge in [-0.3, -0.25) is 9.59 Å². The van der Waals surface area contributed by atoms with Gasteiger partial charge in [0.25, 0.3) is 0 Å². The van der Waals surface area contributed by atoms with Gasteiger partial charge < -0.3 is 20.4 Å². The average molecular weight is 429 g/mol. The lowest BCUT2D eigenvalue weighted by Gasteiger charge is -2.34. The average Bonchev–Trinajstić information content (AvgIpc) is 2.74. The van der Waals surface area contributed by atoms with Gasteiger partial charge in [-0.25, -0.2) is 0 Å². The van der Waals surface area contributed by atoms with Crippen LogP contribution in [0, 0.1) is 6.92 Å². The Labute approximate surface area is 183 Å². The Balaban J connectivity index is 1.38. The van der Waals surface area contributed by atoms with Crippen molar-refractivity contribution in [1.82, 2.24) is 10.2 Å². The highest BCUT2D eigenvalue weighted by Crippen LogP contribution is 2.20. The van der Waals surface area contributed by atoms with Gasteiger partial charge in [-0.2, -0.15) is 0 Å². The van der Waals surface area contributed by atoms with Crippen LogP contribution in [0.5, 0.6) is 0 Å². The molecule has 2 N–H and O–H groups in total. The van der Waals surface area contributed by atoms with E-state index in [0.717, 1.165) is 44.6 Å². The third-order valence-corrected chi connectivity index (χ3v) is 5.78. The fourth-order valence-corrected chi connectivity index (χ4v) is 3.55. The second kappa shape index (κ2) is 10.5. The molecule has 0 unspecified atom stereocenters. The summed E-state index contributed by atoms with van der Waals surface area (Å²) in [6.45, 7) is 6.61. The molecule has 2 amide bonds. The van der Waals surface area contributed by atoms with Gasteiger partial charge in [-0.1, -0.05) is 29.8 Å². The van der Waals surface area contributed by atoms with Crippen LogP contribution in [-0.4, -0.2) is 56.5 Å². The molecule has 2 aromatic carbocycles. The highest BCUT2D eigenvalue weighted by atomic mass is 35.5. The fraction of sp³-hybridized carbons (Fsp3) is 0.391. The molecule has 0 bridgehead atoms. The van der Waals surface area contributed by atoms with Crippen molar-refractivity contribution in [3.63, 3.8) is 0 Å². The Morgan fingerprint density at radius 3 is 2.37 bits per heavy atom. The van der Waals surface area contributed by atoms with E-state index in [2.05, 4.69) is 51.7 Å². The molecule has 0 aliphatic carbocycles. The maximum atomic E-state index is 12.0. The first-order chi connectivity index (χ1) is 14.4. The van der Waals surface area contributed by atoms with Crippen LogP contribution < -0.4 is 15.5 Å². The van der Waals surface area contributed by atoms with E-state index in [1.54, 1.807) is 18.2 Å². The number of aryl methyl sites for hydroxylation is 2. The van der Waals surface area contributed by atoms with E-state index in [9.17, 15) is 9.59 Å². The Bertz CT molecular complexity index is 877. The van der Waals surface area contributed by atoms with Crippen LogP contribution in [0.4, 0.5) is 11.4 Å². The van der Waals surface area contributed by atoms with Crippen LogP contribution in [0.25, 0.3) is 0 Å². The molecule has 0 aromatic heterocycles. The van der Waals surface area contributed by atoms with E-state index in [1.165, 1.54) is 11.3 Å². The number of halogens is 1. The van der Waals surface area contributed by atoms with E-state index >= 15 is 0 Å². The number of hydrogen-bond acceptors (Lipinski definition) is 4. The maximum Gasteiger partial charge on any atom is 0.313 e. The second-order valence-corrected chi connectivity index (χ2v) is 8.14. The SMILES string of the molecule is Cc1ccc(NC(=O)C(=O)NCCCc2ccc(N3CCN(C)CC3)cc2)cc1Cl. The van der Waals surface area contributed by atoms with Crippen LogP contribution in [-0.2, 0) is 16.0 Å². The minimum Gasteiger partial charge on any atom is -0.369 e. The minimum atomic E-state index is -0.688. The first kappa shape index (κ1) is 22.1. The molecule has 0 radical (unpaired) electrons. The molecule has 1 aliphatic heterocycles. The van der Waals surface area contributed by atoms with Crippen molar-refractivity contribution < 1.29 is 9.59 Å². The number of hydrogen-bond donors (Lipinski definition) is 2. The minimum absolute atomic E-state index is 0.446. The van der Waals surface area contributed by atoms with Gasteiger partial charge in [0, 0.05) is 49.1 Å². The van der Waals surface area contributed by atoms with Gasteiger partial charge >= 0.3 is 11.8 Å². The third-order valence-electron chi connectivity index (χ3n) is 5.37. The summed E-state index contributed by atoms with van der Waals surface area (Å²) in [5, 5.41) is 5.78. The summed E-state index contributed by atoms with van der Waals surface area (Å²) in [5.74, 6) is -1.33. The summed E-state index contributed by atoms with van der Waals surface area (Å²) in [6.07, 6.45) is 1.61. The lowest BCUT2D eigenvalue weighted by atomic mass is 10.1. The number of rotatable bonds is 6. The van der Waals surface area contributed by atoms with Crippen LogP contribution in [0.2, 0.25) is 5.02 Å². The maximum absolute atomic E-state index is 12.0. The molecular formula is C23H29ClN4O2. The van der Waals surface area contributed by atoms with Gasteiger partial charge in [-0.05, 0) is 62.2 Å². The van der Waals surface area contributed by atoms with Crippen molar-refractivity contribution in [2.75, 3.05) is 50.0 Å². The van der Waals surface area contributed by atoms with Crippen molar-refractivity contribution in [3.8, 4) is 0 Å². The first-order valence-corrected chi connectivity index (χ1v) is 10.7. The molecule has 6 nitrogen and oxygen atoms in total. The highest BCUT2D eigenvalue weighted by Gasteiger charge is 2.15. The smallest absolute Gasteiger partial charge is 0.313 e. The molecule has 3 rings (SSSR count). The summed E-state index contributed by atoms with van der Waals surface area (Å²) in [5.41, 5.74) is 3.90. The van der Waals surface area contributed by atoms with Crippen molar-refractivity contribution in [2.24, 2.45) is 0 Å². The van der Waals surface area contributed by atoms with Gasteiger partial charge in [0.2, 0.25) is 0 Å². The zero-order valence-corrected chi connectivity index (χ0v) is 18.3. The van der Waals surface area contributed by atoms with Crippen LogP contribution in [0.1, 0.15) is 17.5 Å². The molecule has 0 atom stereocenters. The Hall–Kier alpha value is -2.57. The Kier molecular flexibility index (Phi) is 7.71. The van der Waals surface area contributed by atoms with Gasteiger partial charge in [0.15, 0.2) is 0 Å². The molecular weight excluding hydrogens is 400 g/mol. The van der Waals surface area contributed by atoms with E-state index in [-0.39, 0.29) is 0 Å². The van der Waals surface area contributed by atoms with E-state index in [1.807, 2.05) is 6.92 Å². The molecule has 1 fully saturated rings. The number of carbonyl (C=O) groups excluding carboxylic acids is 2. The summed E-state index contributed by atoms with van der Waals surface area (Å²) < 4.78 is 0. The summed E-state index contributed by atoms with van der Waals surface area (Å²) in [7, 11) is 2.15. The quantitative estimate of drug-likeness (QED) is 0.548. The number of carbonyl (C=O) groups is 2. The lowest BCUT2D eigenvalue weighted by molar-refractivity contribution is -0.136. The lowest BCUT2D eigenvalue weighted by Crippen LogP contribution is -2.44. The number of likely N-dealkylation sites (N-methyl/N-ethyl adjacent to an activating group) is 1. The zero-order chi connectivity index (χ0) is 21.5. The fourth-order valence-electron chi connectivity index (χ4n) is 3.37. The third kappa shape index (κ3) is 6.21. The van der Waals surface area contributed by atoms with Crippen molar-refractivity contribution in [3.05, 3.63) is 58.6 Å². The number of nitrogens with zero attached hydrogens (tertiary/aromatic N) is 2. The summed E-state index contributed by atoms with van der Waals surface area (Å²) in [6, 6.07) is 13.8. The molecule has 1 saturated heterocycles. The standard InChI is InChI=1S/C23H29ClN4O2/c1-17-5-8-19(16-21(17)24)26-23(30)22(29)25-11-3-4-18-6-9-20(10-7-18)28-14-12-27(2)13-15-28/h5-10,16H,3-4,11-15H2,1-2H3,(H,25,29)(H,26,30). The monoisotopic (exact) mass is 428 g/mol. The van der Waals surface area contributed by atoms with Gasteiger partial charge in [-0.15, -0.1) is 0 Å². The molecule has 160 valence electrons. The molecule has 1 heterocycles. The first-order valence-electron chi connectivity index (χ1n) is 10.3. The topological polar surface area (TPSA) is 64.7 Å². The molecule has 0 saturated carbocycles. The number of benzene rings is 2. The molecule has 7 heteroatoms. The Morgan fingerprint density at radius 2 is 1.70 bits per heavy atom. The predicted molar refractivity (Wildman–Crippen MR) is 122 cm³/mol. The van der Waals surface area contributed by atoms with Crippen molar-refractivity contribution >= 4 is 34.8 Å². The highest BCUT2D eigenvalue weighted by molar-refractivity contribution is 6.39. The van der Waals surface area contributed by atoms with Crippen molar-refractivity contribution in [1.29, 1.82) is 0 Å². The molecule has 2 aromatic rings. The van der Waals surface area contributed by atoms with Gasteiger partial charge in [0.1, 0.15) is 0 Å². The van der Waals surface area contributed by atoms with Crippen LogP contribution >= 0.6 is 11.6 Å². The normalized spacial score (nSPS) is 14.4. The summed E-state index contributed by atoms with van der Waals surface area (Å²) >= 11 is 6.04. The van der Waals surface area contributed by atoms with E-state index in [4.69, 9.17) is 11.6 Å². The number of anilines is 2. The summed E-state index contributed by atoms with van der Waals surface area (Å²) in [4.78, 5) is 28.7. The number of piperazine rings is 1. The van der Waals surface area contributed by atoms with E-state index in [0.29, 0.717) is 17.3 Å². The zero-order valence-electron chi connectivity index (χ0n) is 17.6. The van der Waals surface area contributed by atoms with Crippen LogP contribution in [0.3, 0.4) is 0 Å².